The summed E-state index contributed by atoms with van der Waals surface area (Å²) in [7, 11) is 0. The molecule has 1 aromatic carbocycles. The summed E-state index contributed by atoms with van der Waals surface area (Å²) >= 11 is 0. The van der Waals surface area contributed by atoms with Crippen LogP contribution in [0.2, 0.25) is 0 Å². The van der Waals surface area contributed by atoms with Gasteiger partial charge in [-0.2, -0.15) is 9.37 Å². The molecule has 1 aliphatic carbocycles. The fraction of sp³-hybridized carbons (Fsp3) is 0.458. The highest BCUT2D eigenvalue weighted by Gasteiger charge is 2.26. The van der Waals surface area contributed by atoms with Gasteiger partial charge in [0.2, 0.25) is 0 Å². The number of hydrogen-bond acceptors (Lipinski definition) is 8. The minimum Gasteiger partial charge on any atom is -0.488 e. The molecule has 2 aliphatic rings. The number of nitrogens with one attached hydrogen (secondary N) is 1. The van der Waals surface area contributed by atoms with Crippen LogP contribution < -0.4 is 9.64 Å². The summed E-state index contributed by atoms with van der Waals surface area (Å²) in [5.74, 6) is 1.20. The van der Waals surface area contributed by atoms with E-state index in [1.807, 2.05) is 0 Å². The molecule has 9 nitrogen and oxygen atoms in total. The van der Waals surface area contributed by atoms with E-state index < -0.39 is 6.08 Å². The predicted molar refractivity (Wildman–Crippen MR) is 124 cm³/mol. The number of benzene rings is 1. The highest BCUT2D eigenvalue weighted by molar-refractivity contribution is 5.85. The molecule has 0 unspecified atom stereocenters. The molecule has 0 atom stereocenters. The standard InChI is InChI=1S/C24H26FN7O2/c25-24-30-19(22-23(31-24)29-14-28-22)11-15-1-3-17(4-2-15)34-20-13-16(32-7-9-33-10-8-32)12-18-21(20)27-6-5-26-18/h5-6,12-15,17H,1-4,7-11H2,(H,28,29,30,31). The Hall–Kier alpha value is -3.40. The van der Waals surface area contributed by atoms with Gasteiger partial charge in [-0.05, 0) is 44.1 Å². The number of aromatic amines is 1. The highest BCUT2D eigenvalue weighted by atomic mass is 19.1. The van der Waals surface area contributed by atoms with E-state index in [-0.39, 0.29) is 6.10 Å². The van der Waals surface area contributed by atoms with Gasteiger partial charge in [0, 0.05) is 37.2 Å². The maximum Gasteiger partial charge on any atom is 0.311 e. The molecule has 1 aliphatic heterocycles. The van der Waals surface area contributed by atoms with Crippen LogP contribution in [-0.4, -0.2) is 62.3 Å². The van der Waals surface area contributed by atoms with Gasteiger partial charge in [-0.1, -0.05) is 0 Å². The zero-order chi connectivity index (χ0) is 22.9. The number of nitrogens with zero attached hydrogens (tertiary/aromatic N) is 6. The third-order valence-electron chi connectivity index (χ3n) is 6.80. The summed E-state index contributed by atoms with van der Waals surface area (Å²) in [5.41, 5.74) is 4.53. The Balaban J connectivity index is 1.16. The summed E-state index contributed by atoms with van der Waals surface area (Å²) in [5, 5.41) is 0. The zero-order valence-corrected chi connectivity index (χ0v) is 18.8. The Morgan fingerprint density at radius 2 is 1.85 bits per heavy atom. The van der Waals surface area contributed by atoms with Gasteiger partial charge in [-0.15, -0.1) is 0 Å². The monoisotopic (exact) mass is 463 g/mol. The van der Waals surface area contributed by atoms with E-state index in [9.17, 15) is 4.39 Å². The molecule has 0 spiro atoms. The third kappa shape index (κ3) is 4.25. The van der Waals surface area contributed by atoms with Crippen molar-refractivity contribution in [1.82, 2.24) is 29.9 Å². The van der Waals surface area contributed by atoms with Crippen LogP contribution in [0.1, 0.15) is 31.4 Å². The van der Waals surface area contributed by atoms with Crippen LogP contribution in [0.15, 0.2) is 30.9 Å². The maximum absolute atomic E-state index is 13.8. The van der Waals surface area contributed by atoms with Crippen LogP contribution in [-0.2, 0) is 11.2 Å². The van der Waals surface area contributed by atoms with E-state index in [1.165, 1.54) is 6.33 Å². The van der Waals surface area contributed by atoms with Crippen molar-refractivity contribution in [2.24, 2.45) is 5.92 Å². The van der Waals surface area contributed by atoms with E-state index in [4.69, 9.17) is 9.47 Å². The van der Waals surface area contributed by atoms with Crippen LogP contribution in [0, 0.1) is 12.0 Å². The van der Waals surface area contributed by atoms with Crippen LogP contribution in [0.4, 0.5) is 10.1 Å². The van der Waals surface area contributed by atoms with E-state index in [2.05, 4.69) is 46.9 Å². The molecule has 1 saturated carbocycles. The predicted octanol–water partition coefficient (Wildman–Crippen LogP) is 3.45. The molecule has 0 radical (unpaired) electrons. The molecule has 4 aromatic rings. The van der Waals surface area contributed by atoms with Crippen molar-refractivity contribution in [3.05, 3.63) is 42.6 Å². The maximum atomic E-state index is 13.8. The Morgan fingerprint density at radius 3 is 2.71 bits per heavy atom. The van der Waals surface area contributed by atoms with E-state index in [0.29, 0.717) is 23.7 Å². The quantitative estimate of drug-likeness (QED) is 0.449. The van der Waals surface area contributed by atoms with Gasteiger partial charge in [0.05, 0.1) is 36.9 Å². The van der Waals surface area contributed by atoms with Crippen molar-refractivity contribution in [3.8, 4) is 5.75 Å². The topological polar surface area (TPSA) is 102 Å². The number of imidazole rings is 1. The summed E-state index contributed by atoms with van der Waals surface area (Å²) in [6.07, 6.45) is 8.86. The molecule has 1 saturated heterocycles. The summed E-state index contributed by atoms with van der Waals surface area (Å²) in [6.45, 7) is 3.15. The van der Waals surface area contributed by atoms with Crippen LogP contribution >= 0.6 is 0 Å². The van der Waals surface area contributed by atoms with Gasteiger partial charge < -0.3 is 19.4 Å². The van der Waals surface area contributed by atoms with E-state index in [0.717, 1.165) is 80.0 Å². The van der Waals surface area contributed by atoms with Crippen LogP contribution in [0.5, 0.6) is 5.75 Å². The molecule has 34 heavy (non-hydrogen) atoms. The SMILES string of the molecule is Fc1nc(CC2CCC(Oc3cc(N4CCOCC4)cc4nccnc34)CC2)c2[nH]cnc2n1. The lowest BCUT2D eigenvalue weighted by atomic mass is 9.84. The minimum absolute atomic E-state index is 0.107. The number of fused-ring (bicyclic) bond motifs is 2. The van der Waals surface area contributed by atoms with E-state index >= 15 is 0 Å². The first-order chi connectivity index (χ1) is 16.7. The lowest BCUT2D eigenvalue weighted by Gasteiger charge is -2.31. The zero-order valence-electron chi connectivity index (χ0n) is 18.8. The van der Waals surface area contributed by atoms with Crippen LogP contribution in [0.25, 0.3) is 22.2 Å². The normalized spacial score (nSPS) is 21.3. The van der Waals surface area contributed by atoms with Crippen LogP contribution in [0.3, 0.4) is 0 Å². The number of rotatable bonds is 5. The van der Waals surface area contributed by atoms with Gasteiger partial charge in [0.1, 0.15) is 16.8 Å². The van der Waals surface area contributed by atoms with Gasteiger partial charge in [-0.3, -0.25) is 4.98 Å². The van der Waals surface area contributed by atoms with Crippen molar-refractivity contribution in [3.63, 3.8) is 0 Å². The summed E-state index contributed by atoms with van der Waals surface area (Å²) < 4.78 is 25.8. The van der Waals surface area contributed by atoms with Crippen molar-refractivity contribution >= 4 is 27.9 Å². The van der Waals surface area contributed by atoms with E-state index in [1.54, 1.807) is 12.4 Å². The first-order valence-electron chi connectivity index (χ1n) is 11.8. The van der Waals surface area contributed by atoms with Crippen molar-refractivity contribution in [2.75, 3.05) is 31.2 Å². The summed E-state index contributed by atoms with van der Waals surface area (Å²) in [4.78, 5) is 26.3. The molecular formula is C24H26FN7O2. The molecule has 0 bridgehead atoms. The number of anilines is 1. The second-order valence-electron chi connectivity index (χ2n) is 8.97. The Bertz CT molecular complexity index is 1300. The second-order valence-corrected chi connectivity index (χ2v) is 8.97. The second kappa shape index (κ2) is 9.09. The van der Waals surface area contributed by atoms with Gasteiger partial charge in [0.15, 0.2) is 5.65 Å². The lowest BCUT2D eigenvalue weighted by Crippen LogP contribution is -2.36. The number of halogens is 1. The molecule has 4 heterocycles. The number of ether oxygens (including phenoxy) is 2. The summed E-state index contributed by atoms with van der Waals surface area (Å²) in [6, 6.07) is 4.17. The Kier molecular flexibility index (Phi) is 5.66. The van der Waals surface area contributed by atoms with Gasteiger partial charge >= 0.3 is 6.08 Å². The number of morpholine rings is 1. The number of hydrogen-bond donors (Lipinski definition) is 1. The minimum atomic E-state index is -0.722. The number of aromatic nitrogens is 6. The average Bonchev–Trinajstić information content (AvgIpc) is 3.34. The molecule has 10 heteroatoms. The first-order valence-corrected chi connectivity index (χ1v) is 11.8. The Morgan fingerprint density at radius 1 is 1.03 bits per heavy atom. The fourth-order valence-corrected chi connectivity index (χ4v) is 5.04. The molecule has 1 N–H and O–H groups in total. The number of H-pyrrole nitrogens is 1. The fourth-order valence-electron chi connectivity index (χ4n) is 5.04. The molecule has 176 valence electrons. The molecule has 3 aromatic heterocycles. The van der Waals surface area contributed by atoms with Crippen molar-refractivity contribution in [1.29, 1.82) is 0 Å². The molecule has 2 fully saturated rings. The molecular weight excluding hydrogens is 437 g/mol. The Labute approximate surface area is 195 Å². The van der Waals surface area contributed by atoms with Gasteiger partial charge in [-0.25, -0.2) is 15.0 Å². The van der Waals surface area contributed by atoms with Crippen molar-refractivity contribution < 1.29 is 13.9 Å². The largest absolute Gasteiger partial charge is 0.488 e. The molecule has 0 amide bonds. The first kappa shape index (κ1) is 21.2. The van der Waals surface area contributed by atoms with Crippen molar-refractivity contribution in [2.45, 2.75) is 38.2 Å². The molecule has 6 rings (SSSR count). The highest BCUT2D eigenvalue weighted by Crippen LogP contribution is 2.35. The average molecular weight is 464 g/mol. The lowest BCUT2D eigenvalue weighted by molar-refractivity contribution is 0.122. The smallest absolute Gasteiger partial charge is 0.311 e. The van der Waals surface area contributed by atoms with Gasteiger partial charge in [0.25, 0.3) is 0 Å². The third-order valence-corrected chi connectivity index (χ3v) is 6.80.